The first-order valence-corrected chi connectivity index (χ1v) is 7.96. The molecule has 0 spiro atoms. The molecule has 1 rings (SSSR count). The van der Waals surface area contributed by atoms with E-state index in [9.17, 15) is 8.42 Å². The Kier molecular flexibility index (Phi) is 5.08. The predicted molar refractivity (Wildman–Crippen MR) is 68.3 cm³/mol. The molecular formula is C11H22ClNO2S. The molecule has 1 saturated carbocycles. The van der Waals surface area contributed by atoms with E-state index < -0.39 is 15.3 Å². The van der Waals surface area contributed by atoms with E-state index in [1.165, 1.54) is 6.42 Å². The minimum absolute atomic E-state index is 0.162. The molecule has 16 heavy (non-hydrogen) atoms. The third kappa shape index (κ3) is 3.11. The summed E-state index contributed by atoms with van der Waals surface area (Å²) in [6, 6.07) is 0.166. The summed E-state index contributed by atoms with van der Waals surface area (Å²) >= 11 is 5.64. The zero-order valence-electron chi connectivity index (χ0n) is 10.3. The Labute approximate surface area is 104 Å². The molecular weight excluding hydrogens is 246 g/mol. The van der Waals surface area contributed by atoms with Crippen LogP contribution in [0.15, 0.2) is 0 Å². The highest BCUT2D eigenvalue weighted by atomic mass is 35.5. The molecule has 0 aromatic rings. The monoisotopic (exact) mass is 267 g/mol. The van der Waals surface area contributed by atoms with Crippen LogP contribution in [-0.4, -0.2) is 36.9 Å². The molecule has 0 amide bonds. The van der Waals surface area contributed by atoms with Crippen molar-refractivity contribution in [1.82, 2.24) is 4.31 Å². The van der Waals surface area contributed by atoms with Crippen molar-refractivity contribution in [3.8, 4) is 0 Å². The molecule has 1 fully saturated rings. The normalized spacial score (nSPS) is 29.3. The molecule has 0 N–H and O–H groups in total. The van der Waals surface area contributed by atoms with Crippen LogP contribution >= 0.6 is 11.6 Å². The van der Waals surface area contributed by atoms with Gasteiger partial charge in [-0.3, -0.25) is 0 Å². The predicted octanol–water partition coefficient (Wildman–Crippen LogP) is 2.45. The molecule has 0 aromatic heterocycles. The highest BCUT2D eigenvalue weighted by Crippen LogP contribution is 2.28. The van der Waals surface area contributed by atoms with Crippen molar-refractivity contribution < 1.29 is 8.42 Å². The number of halogens is 1. The highest BCUT2D eigenvalue weighted by Gasteiger charge is 2.32. The van der Waals surface area contributed by atoms with Crippen LogP contribution in [0.25, 0.3) is 0 Å². The number of alkyl halides is 1. The smallest absolute Gasteiger partial charge is 0.212 e. The van der Waals surface area contributed by atoms with E-state index in [-0.39, 0.29) is 11.9 Å². The summed E-state index contributed by atoms with van der Waals surface area (Å²) in [4.78, 5) is 0. The van der Waals surface area contributed by atoms with E-state index >= 15 is 0 Å². The Balaban J connectivity index is 2.73. The van der Waals surface area contributed by atoms with E-state index in [4.69, 9.17) is 11.6 Å². The van der Waals surface area contributed by atoms with Gasteiger partial charge in [0.1, 0.15) is 0 Å². The lowest BCUT2D eigenvalue weighted by Gasteiger charge is -2.34. The Hall–Kier alpha value is 0.200. The van der Waals surface area contributed by atoms with Crippen LogP contribution in [0.3, 0.4) is 0 Å². The molecule has 0 bridgehead atoms. The lowest BCUT2D eigenvalue weighted by atomic mass is 9.87. The van der Waals surface area contributed by atoms with Crippen LogP contribution in [-0.2, 0) is 10.0 Å². The van der Waals surface area contributed by atoms with Crippen molar-refractivity contribution in [2.45, 2.75) is 50.8 Å². The van der Waals surface area contributed by atoms with Gasteiger partial charge in [0.15, 0.2) is 0 Å². The van der Waals surface area contributed by atoms with Crippen molar-refractivity contribution in [3.05, 3.63) is 0 Å². The lowest BCUT2D eigenvalue weighted by molar-refractivity contribution is 0.238. The topological polar surface area (TPSA) is 37.4 Å². The molecule has 0 aromatic carbocycles. The van der Waals surface area contributed by atoms with E-state index in [2.05, 4.69) is 6.92 Å². The zero-order chi connectivity index (χ0) is 12.3. The number of sulfonamides is 1. The van der Waals surface area contributed by atoms with Crippen molar-refractivity contribution in [2.24, 2.45) is 5.92 Å². The third-order valence-electron chi connectivity index (χ3n) is 3.55. The van der Waals surface area contributed by atoms with Gasteiger partial charge in [-0.2, -0.15) is 0 Å². The molecule has 3 nitrogen and oxygen atoms in total. The van der Waals surface area contributed by atoms with E-state index in [1.807, 2.05) is 0 Å². The molecule has 3 unspecified atom stereocenters. The quantitative estimate of drug-likeness (QED) is 0.734. The van der Waals surface area contributed by atoms with E-state index in [0.29, 0.717) is 5.92 Å². The number of nitrogens with zero attached hydrogens (tertiary/aromatic N) is 1. The molecule has 0 radical (unpaired) electrons. The average Bonchev–Trinajstić information content (AvgIpc) is 2.26. The van der Waals surface area contributed by atoms with Gasteiger partial charge in [-0.1, -0.05) is 19.8 Å². The second-order valence-electron chi connectivity index (χ2n) is 4.95. The van der Waals surface area contributed by atoms with Gasteiger partial charge in [0, 0.05) is 19.0 Å². The van der Waals surface area contributed by atoms with Crippen LogP contribution in [0.5, 0.6) is 0 Å². The summed E-state index contributed by atoms with van der Waals surface area (Å²) in [5.74, 6) is 0.789. The summed E-state index contributed by atoms with van der Waals surface area (Å²) < 4.78 is 25.8. The standard InChI is InChI=1S/C11H22ClNO2S/c1-9-5-4-6-11(7-9)13(3)16(14,15)10(2)8-12/h9-11H,4-8H2,1-3H3. The van der Waals surface area contributed by atoms with Gasteiger partial charge in [0.25, 0.3) is 0 Å². The number of hydrogen-bond donors (Lipinski definition) is 0. The average molecular weight is 268 g/mol. The first-order valence-electron chi connectivity index (χ1n) is 5.92. The maximum absolute atomic E-state index is 12.1. The molecule has 1 aliphatic carbocycles. The van der Waals surface area contributed by atoms with Crippen molar-refractivity contribution in [3.63, 3.8) is 0 Å². The Bertz CT molecular complexity index is 318. The van der Waals surface area contributed by atoms with Crippen LogP contribution in [0.4, 0.5) is 0 Å². The van der Waals surface area contributed by atoms with Gasteiger partial charge in [-0.05, 0) is 25.7 Å². The van der Waals surface area contributed by atoms with Gasteiger partial charge in [0.2, 0.25) is 10.0 Å². The third-order valence-corrected chi connectivity index (χ3v) is 6.48. The lowest BCUT2D eigenvalue weighted by Crippen LogP contribution is -2.44. The van der Waals surface area contributed by atoms with Crippen molar-refractivity contribution in [2.75, 3.05) is 12.9 Å². The Morgan fingerprint density at radius 3 is 2.56 bits per heavy atom. The Morgan fingerprint density at radius 1 is 1.44 bits per heavy atom. The summed E-state index contributed by atoms with van der Waals surface area (Å²) in [6.45, 7) is 3.86. The van der Waals surface area contributed by atoms with Crippen LogP contribution in [0.1, 0.15) is 39.5 Å². The zero-order valence-corrected chi connectivity index (χ0v) is 11.9. The van der Waals surface area contributed by atoms with Gasteiger partial charge < -0.3 is 0 Å². The van der Waals surface area contributed by atoms with Crippen molar-refractivity contribution >= 4 is 21.6 Å². The highest BCUT2D eigenvalue weighted by molar-refractivity contribution is 7.89. The summed E-state index contributed by atoms with van der Waals surface area (Å²) in [5.41, 5.74) is 0. The number of rotatable bonds is 4. The summed E-state index contributed by atoms with van der Waals surface area (Å²) in [5, 5.41) is -0.489. The molecule has 5 heteroatoms. The molecule has 0 saturated heterocycles. The first-order chi connectivity index (χ1) is 7.39. The first kappa shape index (κ1) is 14.3. The van der Waals surface area contributed by atoms with E-state index in [1.54, 1.807) is 18.3 Å². The second-order valence-corrected chi connectivity index (χ2v) is 7.67. The molecule has 1 aliphatic rings. The minimum Gasteiger partial charge on any atom is -0.212 e. The maximum Gasteiger partial charge on any atom is 0.217 e. The largest absolute Gasteiger partial charge is 0.217 e. The fourth-order valence-electron chi connectivity index (χ4n) is 2.30. The number of hydrogen-bond acceptors (Lipinski definition) is 2. The summed E-state index contributed by atoms with van der Waals surface area (Å²) in [7, 11) is -1.52. The van der Waals surface area contributed by atoms with Gasteiger partial charge in [-0.25, -0.2) is 12.7 Å². The van der Waals surface area contributed by atoms with Crippen LogP contribution < -0.4 is 0 Å². The second kappa shape index (κ2) is 5.69. The maximum atomic E-state index is 12.1. The Morgan fingerprint density at radius 2 is 2.06 bits per heavy atom. The molecule has 0 heterocycles. The fourth-order valence-corrected chi connectivity index (χ4v) is 4.12. The van der Waals surface area contributed by atoms with Crippen LogP contribution in [0, 0.1) is 5.92 Å². The van der Waals surface area contributed by atoms with Crippen LogP contribution in [0.2, 0.25) is 0 Å². The molecule has 3 atom stereocenters. The fraction of sp³-hybridized carbons (Fsp3) is 1.00. The van der Waals surface area contributed by atoms with Gasteiger partial charge >= 0.3 is 0 Å². The van der Waals surface area contributed by atoms with Gasteiger partial charge in [0.05, 0.1) is 5.25 Å². The van der Waals surface area contributed by atoms with Gasteiger partial charge in [-0.15, -0.1) is 11.6 Å². The van der Waals surface area contributed by atoms with Crippen molar-refractivity contribution in [1.29, 1.82) is 0 Å². The minimum atomic E-state index is -3.21. The molecule has 0 aliphatic heterocycles. The SMILES string of the molecule is CC1CCCC(N(C)S(=O)(=O)C(C)CCl)C1. The van der Waals surface area contributed by atoms with E-state index in [0.717, 1.165) is 19.3 Å². The summed E-state index contributed by atoms with van der Waals surface area (Å²) in [6.07, 6.45) is 4.30. The molecule has 96 valence electrons.